The molecular formula is C15H19N3O2. The van der Waals surface area contributed by atoms with E-state index < -0.39 is 0 Å². The highest BCUT2D eigenvalue weighted by Gasteiger charge is 2.19. The number of nitrogens with zero attached hydrogens (tertiary/aromatic N) is 2. The van der Waals surface area contributed by atoms with Crippen LogP contribution in [-0.4, -0.2) is 33.2 Å². The van der Waals surface area contributed by atoms with Crippen molar-refractivity contribution in [3.63, 3.8) is 0 Å². The van der Waals surface area contributed by atoms with E-state index in [0.717, 1.165) is 5.69 Å². The number of aromatic nitrogens is 2. The first-order chi connectivity index (χ1) is 9.63. The molecule has 1 aromatic heterocycles. The number of amides is 1. The zero-order valence-corrected chi connectivity index (χ0v) is 11.7. The first-order valence-electron chi connectivity index (χ1n) is 6.63. The molecule has 5 nitrogen and oxygen atoms in total. The summed E-state index contributed by atoms with van der Waals surface area (Å²) >= 11 is 0. The summed E-state index contributed by atoms with van der Waals surface area (Å²) in [4.78, 5) is 16.3. The maximum atomic E-state index is 12.3. The summed E-state index contributed by atoms with van der Waals surface area (Å²) in [6.45, 7) is 3.83. The molecule has 0 spiro atoms. The Morgan fingerprint density at radius 3 is 2.65 bits per heavy atom. The molecule has 1 atom stereocenters. The summed E-state index contributed by atoms with van der Waals surface area (Å²) < 4.78 is 1.73. The van der Waals surface area contributed by atoms with E-state index in [1.807, 2.05) is 44.2 Å². The van der Waals surface area contributed by atoms with Crippen molar-refractivity contribution in [1.82, 2.24) is 14.9 Å². The third-order valence-electron chi connectivity index (χ3n) is 3.22. The molecule has 2 N–H and O–H groups in total. The van der Waals surface area contributed by atoms with E-state index in [9.17, 15) is 9.90 Å². The van der Waals surface area contributed by atoms with Gasteiger partial charge in [0.25, 0.3) is 5.91 Å². The third-order valence-corrected chi connectivity index (χ3v) is 3.22. The van der Waals surface area contributed by atoms with Crippen molar-refractivity contribution in [2.45, 2.75) is 19.9 Å². The molecule has 106 valence electrons. The Balaban J connectivity index is 2.22. The molecule has 1 heterocycles. The molecule has 2 rings (SSSR count). The van der Waals surface area contributed by atoms with Crippen LogP contribution >= 0.6 is 0 Å². The molecule has 0 saturated heterocycles. The highest BCUT2D eigenvalue weighted by Crippen LogP contribution is 2.11. The highest BCUT2D eigenvalue weighted by molar-refractivity contribution is 5.93. The number of rotatable bonds is 5. The molecule has 2 aromatic rings. The number of benzene rings is 1. The van der Waals surface area contributed by atoms with E-state index in [-0.39, 0.29) is 24.5 Å². The van der Waals surface area contributed by atoms with Gasteiger partial charge in [0.2, 0.25) is 0 Å². The summed E-state index contributed by atoms with van der Waals surface area (Å²) in [5.41, 5.74) is 1.33. The first-order valence-corrected chi connectivity index (χ1v) is 6.63. The lowest BCUT2D eigenvalue weighted by Gasteiger charge is -2.20. The Bertz CT molecular complexity index is 564. The normalized spacial score (nSPS) is 12.4. The van der Waals surface area contributed by atoms with E-state index in [1.165, 1.54) is 6.20 Å². The van der Waals surface area contributed by atoms with Crippen LogP contribution in [0.5, 0.6) is 0 Å². The van der Waals surface area contributed by atoms with Gasteiger partial charge in [-0.25, -0.2) is 4.98 Å². The summed E-state index contributed by atoms with van der Waals surface area (Å²) in [5, 5.41) is 12.1. The van der Waals surface area contributed by atoms with Gasteiger partial charge in [0.1, 0.15) is 5.69 Å². The number of nitrogens with one attached hydrogen (secondary N) is 1. The number of hydrogen-bond donors (Lipinski definition) is 2. The van der Waals surface area contributed by atoms with Gasteiger partial charge in [-0.05, 0) is 18.1 Å². The van der Waals surface area contributed by atoms with Gasteiger partial charge in [0.15, 0.2) is 0 Å². The fourth-order valence-electron chi connectivity index (χ4n) is 1.92. The Labute approximate surface area is 118 Å². The van der Waals surface area contributed by atoms with Gasteiger partial charge in [-0.15, -0.1) is 0 Å². The van der Waals surface area contributed by atoms with Crippen LogP contribution in [-0.2, 0) is 0 Å². The standard InChI is InChI=1S/C15H19N3O2/c1-11(2)13(9-19)17-15(20)14-8-16-10-18(14)12-6-4-3-5-7-12/h3-8,10-11,13,19H,9H2,1-2H3,(H,17,20)/t13-/m1/s1. The predicted octanol–water partition coefficient (Wildman–Crippen LogP) is 1.62. The van der Waals surface area contributed by atoms with Gasteiger partial charge >= 0.3 is 0 Å². The minimum absolute atomic E-state index is 0.0805. The van der Waals surface area contributed by atoms with E-state index in [1.54, 1.807) is 10.9 Å². The molecule has 0 fully saturated rings. The Morgan fingerprint density at radius 1 is 1.35 bits per heavy atom. The fourth-order valence-corrected chi connectivity index (χ4v) is 1.92. The molecule has 0 unspecified atom stereocenters. The monoisotopic (exact) mass is 273 g/mol. The number of aliphatic hydroxyl groups is 1. The van der Waals surface area contributed by atoms with Crippen LogP contribution in [0.2, 0.25) is 0 Å². The van der Waals surface area contributed by atoms with Gasteiger partial charge in [-0.2, -0.15) is 0 Å². The van der Waals surface area contributed by atoms with Gasteiger partial charge in [0.05, 0.1) is 25.2 Å². The summed E-state index contributed by atoms with van der Waals surface area (Å²) in [5.74, 6) is -0.0730. The van der Waals surface area contributed by atoms with Crippen LogP contribution < -0.4 is 5.32 Å². The first kappa shape index (κ1) is 14.3. The quantitative estimate of drug-likeness (QED) is 0.870. The molecule has 5 heteroatoms. The molecule has 1 aromatic carbocycles. The Kier molecular flexibility index (Phi) is 4.53. The summed E-state index contributed by atoms with van der Waals surface area (Å²) in [6.07, 6.45) is 3.13. The topological polar surface area (TPSA) is 67.2 Å². The van der Waals surface area contributed by atoms with Crippen LogP contribution in [0.4, 0.5) is 0 Å². The second-order valence-corrected chi connectivity index (χ2v) is 4.99. The molecule has 0 bridgehead atoms. The van der Waals surface area contributed by atoms with Crippen LogP contribution in [0.25, 0.3) is 5.69 Å². The van der Waals surface area contributed by atoms with E-state index in [0.29, 0.717) is 5.69 Å². The number of carbonyl (C=O) groups excluding carboxylic acids is 1. The van der Waals surface area contributed by atoms with Crippen molar-refractivity contribution in [3.8, 4) is 5.69 Å². The highest BCUT2D eigenvalue weighted by atomic mass is 16.3. The van der Waals surface area contributed by atoms with Crippen LogP contribution in [0.15, 0.2) is 42.9 Å². The van der Waals surface area contributed by atoms with Crippen molar-refractivity contribution < 1.29 is 9.90 Å². The van der Waals surface area contributed by atoms with Crippen molar-refractivity contribution >= 4 is 5.91 Å². The largest absolute Gasteiger partial charge is 0.394 e. The summed E-state index contributed by atoms with van der Waals surface area (Å²) in [6, 6.07) is 9.28. The Morgan fingerprint density at radius 2 is 2.05 bits per heavy atom. The smallest absolute Gasteiger partial charge is 0.270 e. The minimum Gasteiger partial charge on any atom is -0.394 e. The lowest BCUT2D eigenvalue weighted by atomic mass is 10.1. The van der Waals surface area contributed by atoms with Crippen molar-refractivity contribution in [3.05, 3.63) is 48.5 Å². The molecule has 20 heavy (non-hydrogen) atoms. The van der Waals surface area contributed by atoms with E-state index in [2.05, 4.69) is 10.3 Å². The molecule has 1 amide bonds. The zero-order chi connectivity index (χ0) is 14.5. The van der Waals surface area contributed by atoms with Crippen LogP contribution in [0, 0.1) is 5.92 Å². The lowest BCUT2D eigenvalue weighted by molar-refractivity contribution is 0.0890. The average Bonchev–Trinajstić information content (AvgIpc) is 2.94. The fraction of sp³-hybridized carbons (Fsp3) is 0.333. The third kappa shape index (κ3) is 3.05. The van der Waals surface area contributed by atoms with Gasteiger partial charge < -0.3 is 10.4 Å². The van der Waals surface area contributed by atoms with Gasteiger partial charge in [-0.1, -0.05) is 32.0 Å². The van der Waals surface area contributed by atoms with E-state index >= 15 is 0 Å². The molecule has 0 saturated carbocycles. The van der Waals surface area contributed by atoms with Crippen molar-refractivity contribution in [2.24, 2.45) is 5.92 Å². The second kappa shape index (κ2) is 6.34. The molecule has 0 aliphatic heterocycles. The second-order valence-electron chi connectivity index (χ2n) is 4.99. The molecule has 0 radical (unpaired) electrons. The van der Waals surface area contributed by atoms with Gasteiger partial charge in [0, 0.05) is 5.69 Å². The minimum atomic E-state index is -0.262. The van der Waals surface area contributed by atoms with Crippen LogP contribution in [0.3, 0.4) is 0 Å². The van der Waals surface area contributed by atoms with E-state index in [4.69, 9.17) is 0 Å². The molecular weight excluding hydrogens is 254 g/mol. The SMILES string of the molecule is CC(C)[C@@H](CO)NC(=O)c1cncn1-c1ccccc1. The predicted molar refractivity (Wildman–Crippen MR) is 76.7 cm³/mol. The zero-order valence-electron chi connectivity index (χ0n) is 11.7. The van der Waals surface area contributed by atoms with Crippen molar-refractivity contribution in [1.29, 1.82) is 0 Å². The van der Waals surface area contributed by atoms with Crippen LogP contribution in [0.1, 0.15) is 24.3 Å². The number of carbonyl (C=O) groups is 1. The number of hydrogen-bond acceptors (Lipinski definition) is 3. The van der Waals surface area contributed by atoms with Crippen molar-refractivity contribution in [2.75, 3.05) is 6.61 Å². The molecule has 0 aliphatic carbocycles. The maximum Gasteiger partial charge on any atom is 0.270 e. The summed E-state index contributed by atoms with van der Waals surface area (Å²) in [7, 11) is 0. The number of imidazole rings is 1. The average molecular weight is 273 g/mol. The van der Waals surface area contributed by atoms with Gasteiger partial charge in [-0.3, -0.25) is 9.36 Å². The Hall–Kier alpha value is -2.14. The lowest BCUT2D eigenvalue weighted by Crippen LogP contribution is -2.41. The number of aliphatic hydroxyl groups excluding tert-OH is 1. The maximum absolute atomic E-state index is 12.3. The molecule has 0 aliphatic rings. The number of para-hydroxylation sites is 1.